The van der Waals surface area contributed by atoms with Crippen LogP contribution in [0.2, 0.25) is 0 Å². The summed E-state index contributed by atoms with van der Waals surface area (Å²) < 4.78 is 4.73. The third-order valence-corrected chi connectivity index (χ3v) is 3.83. The topological polar surface area (TPSA) is 38.3 Å². The number of hydrogen-bond donors (Lipinski definition) is 1. The van der Waals surface area contributed by atoms with Gasteiger partial charge in [0.25, 0.3) is 0 Å². The maximum absolute atomic E-state index is 11.4. The molecule has 2 atom stereocenters. The number of rotatable bonds is 6. The normalized spacial score (nSPS) is 16.2. The molecule has 0 saturated carbocycles. The van der Waals surface area contributed by atoms with Crippen LogP contribution >= 0.6 is 0 Å². The predicted molar refractivity (Wildman–Crippen MR) is 81.4 cm³/mol. The Kier molecular flexibility index (Phi) is 4.96. The van der Waals surface area contributed by atoms with E-state index in [9.17, 15) is 4.79 Å². The van der Waals surface area contributed by atoms with Crippen molar-refractivity contribution in [3.63, 3.8) is 0 Å². The number of ether oxygens (including phenoxy) is 1. The zero-order valence-corrected chi connectivity index (χ0v) is 12.5. The molecule has 0 aromatic heterocycles. The van der Waals surface area contributed by atoms with Gasteiger partial charge in [0, 0.05) is 12.6 Å². The summed E-state index contributed by atoms with van der Waals surface area (Å²) in [5.74, 6) is -0.262. The third kappa shape index (κ3) is 3.48. The van der Waals surface area contributed by atoms with E-state index in [1.54, 1.807) is 0 Å². The lowest BCUT2D eigenvalue weighted by Crippen LogP contribution is -2.33. The van der Waals surface area contributed by atoms with Crippen molar-refractivity contribution in [2.45, 2.75) is 32.7 Å². The molecule has 3 nitrogen and oxygen atoms in total. The maximum atomic E-state index is 11.4. The molecule has 1 aromatic carbocycles. The summed E-state index contributed by atoms with van der Waals surface area (Å²) in [6, 6.07) is 8.92. The van der Waals surface area contributed by atoms with Gasteiger partial charge in [-0.3, -0.25) is 4.79 Å². The molecule has 108 valence electrons. The molecule has 0 fully saturated rings. The van der Waals surface area contributed by atoms with Gasteiger partial charge >= 0.3 is 5.97 Å². The molecule has 1 aliphatic rings. The summed E-state index contributed by atoms with van der Waals surface area (Å²) in [6.45, 7) is 4.70. The van der Waals surface area contributed by atoms with Gasteiger partial charge in [0.2, 0.25) is 0 Å². The molecule has 0 aliphatic heterocycles. The summed E-state index contributed by atoms with van der Waals surface area (Å²) >= 11 is 0. The standard InChI is InChI=1S/C17H23NO2/c1-12(17(19)20-3)11-18-13(2)10-15-9-8-14-6-4-5-7-16(14)15/h4-7,9,12-13,18H,8,10-11H2,1-3H3/t12-,13-/m1/s1. The Bertz CT molecular complexity index is 507. The number of carbonyl (C=O) groups excluding carboxylic acids is 1. The lowest BCUT2D eigenvalue weighted by atomic mass is 10.00. The summed E-state index contributed by atoms with van der Waals surface area (Å²) in [5, 5.41) is 3.41. The highest BCUT2D eigenvalue weighted by atomic mass is 16.5. The fraction of sp³-hybridized carbons (Fsp3) is 0.471. The summed E-state index contributed by atoms with van der Waals surface area (Å²) in [7, 11) is 1.43. The van der Waals surface area contributed by atoms with Crippen LogP contribution in [0.5, 0.6) is 0 Å². The van der Waals surface area contributed by atoms with Crippen LogP contribution in [0.3, 0.4) is 0 Å². The van der Waals surface area contributed by atoms with E-state index in [-0.39, 0.29) is 11.9 Å². The summed E-state index contributed by atoms with van der Waals surface area (Å²) in [4.78, 5) is 11.4. The Hall–Kier alpha value is -1.61. The number of fused-ring (bicyclic) bond motifs is 1. The van der Waals surface area contributed by atoms with Crippen molar-refractivity contribution in [1.29, 1.82) is 0 Å². The smallest absolute Gasteiger partial charge is 0.309 e. The van der Waals surface area contributed by atoms with Crippen molar-refractivity contribution in [2.75, 3.05) is 13.7 Å². The fourth-order valence-electron chi connectivity index (χ4n) is 2.61. The molecule has 0 unspecified atom stereocenters. The number of carbonyl (C=O) groups is 1. The first kappa shape index (κ1) is 14.8. The van der Waals surface area contributed by atoms with Gasteiger partial charge < -0.3 is 10.1 Å². The van der Waals surface area contributed by atoms with Gasteiger partial charge in [0.15, 0.2) is 0 Å². The van der Waals surface area contributed by atoms with E-state index >= 15 is 0 Å². The average Bonchev–Trinajstić information content (AvgIpc) is 2.87. The van der Waals surface area contributed by atoms with E-state index in [0.29, 0.717) is 12.6 Å². The first-order valence-electron chi connectivity index (χ1n) is 7.20. The van der Waals surface area contributed by atoms with Crippen molar-refractivity contribution in [2.24, 2.45) is 5.92 Å². The highest BCUT2D eigenvalue weighted by Crippen LogP contribution is 2.30. The van der Waals surface area contributed by atoms with Gasteiger partial charge in [0.05, 0.1) is 13.0 Å². The summed E-state index contributed by atoms with van der Waals surface area (Å²) in [6.07, 6.45) is 4.34. The fourth-order valence-corrected chi connectivity index (χ4v) is 2.61. The molecule has 2 rings (SSSR count). The van der Waals surface area contributed by atoms with Crippen LogP contribution in [0.1, 0.15) is 31.4 Å². The number of hydrogen-bond acceptors (Lipinski definition) is 3. The third-order valence-electron chi connectivity index (χ3n) is 3.83. The van der Waals surface area contributed by atoms with E-state index in [2.05, 4.69) is 42.6 Å². The van der Waals surface area contributed by atoms with Crippen LogP contribution in [-0.2, 0) is 16.0 Å². The molecule has 1 aromatic rings. The van der Waals surface area contributed by atoms with E-state index in [0.717, 1.165) is 12.8 Å². The van der Waals surface area contributed by atoms with E-state index in [1.807, 2.05) is 6.92 Å². The average molecular weight is 273 g/mol. The Morgan fingerprint density at radius 1 is 1.35 bits per heavy atom. The van der Waals surface area contributed by atoms with Crippen molar-refractivity contribution >= 4 is 11.5 Å². The van der Waals surface area contributed by atoms with Crippen molar-refractivity contribution in [3.05, 3.63) is 41.5 Å². The SMILES string of the molecule is COC(=O)[C@H](C)CN[C@H](C)CC1=CCc2ccccc21. The molecule has 0 radical (unpaired) electrons. The van der Waals surface area contributed by atoms with Crippen molar-refractivity contribution in [3.8, 4) is 0 Å². The quantitative estimate of drug-likeness (QED) is 0.810. The van der Waals surface area contributed by atoms with Gasteiger partial charge in [-0.1, -0.05) is 37.3 Å². The second-order valence-electron chi connectivity index (χ2n) is 5.53. The molecular weight excluding hydrogens is 250 g/mol. The second kappa shape index (κ2) is 6.71. The zero-order valence-electron chi connectivity index (χ0n) is 12.5. The maximum Gasteiger partial charge on any atom is 0.309 e. The van der Waals surface area contributed by atoms with Crippen LogP contribution in [0.4, 0.5) is 0 Å². The van der Waals surface area contributed by atoms with E-state index in [4.69, 9.17) is 4.74 Å². The molecular formula is C17H23NO2. The number of benzene rings is 1. The first-order valence-corrected chi connectivity index (χ1v) is 7.20. The van der Waals surface area contributed by atoms with Gasteiger partial charge in [-0.2, -0.15) is 0 Å². The lowest BCUT2D eigenvalue weighted by Gasteiger charge is -2.17. The van der Waals surface area contributed by atoms with Crippen molar-refractivity contribution in [1.82, 2.24) is 5.32 Å². The lowest BCUT2D eigenvalue weighted by molar-refractivity contribution is -0.144. The Labute approximate surface area is 121 Å². The van der Waals surface area contributed by atoms with Gasteiger partial charge in [-0.15, -0.1) is 0 Å². The molecule has 0 spiro atoms. The number of nitrogens with one attached hydrogen (secondary N) is 1. The molecule has 20 heavy (non-hydrogen) atoms. The highest BCUT2D eigenvalue weighted by Gasteiger charge is 2.17. The molecule has 3 heteroatoms. The minimum Gasteiger partial charge on any atom is -0.469 e. The predicted octanol–water partition coefficient (Wildman–Crippen LogP) is 2.80. The minimum absolute atomic E-state index is 0.104. The van der Waals surface area contributed by atoms with E-state index < -0.39 is 0 Å². The Morgan fingerprint density at radius 2 is 2.10 bits per heavy atom. The largest absolute Gasteiger partial charge is 0.469 e. The number of allylic oxidation sites excluding steroid dienone is 1. The van der Waals surface area contributed by atoms with Crippen LogP contribution < -0.4 is 5.32 Å². The number of methoxy groups -OCH3 is 1. The van der Waals surface area contributed by atoms with Gasteiger partial charge in [0.1, 0.15) is 0 Å². The van der Waals surface area contributed by atoms with Gasteiger partial charge in [-0.25, -0.2) is 0 Å². The van der Waals surface area contributed by atoms with Crippen molar-refractivity contribution < 1.29 is 9.53 Å². The Balaban J connectivity index is 1.84. The van der Waals surface area contributed by atoms with Crippen LogP contribution in [0.15, 0.2) is 30.3 Å². The van der Waals surface area contributed by atoms with Crippen LogP contribution in [-0.4, -0.2) is 25.7 Å². The molecule has 0 saturated heterocycles. The first-order chi connectivity index (χ1) is 9.61. The molecule has 1 N–H and O–H groups in total. The number of esters is 1. The molecule has 1 aliphatic carbocycles. The molecule has 0 amide bonds. The monoisotopic (exact) mass is 273 g/mol. The second-order valence-corrected chi connectivity index (χ2v) is 5.53. The summed E-state index contributed by atoms with van der Waals surface area (Å²) in [5.41, 5.74) is 4.20. The molecule has 0 heterocycles. The highest BCUT2D eigenvalue weighted by molar-refractivity contribution is 5.73. The minimum atomic E-state index is -0.157. The Morgan fingerprint density at radius 3 is 2.85 bits per heavy atom. The van der Waals surface area contributed by atoms with Crippen LogP contribution in [0.25, 0.3) is 5.57 Å². The zero-order chi connectivity index (χ0) is 14.5. The van der Waals surface area contributed by atoms with Crippen LogP contribution in [0, 0.1) is 5.92 Å². The van der Waals surface area contributed by atoms with Gasteiger partial charge in [-0.05, 0) is 36.5 Å². The van der Waals surface area contributed by atoms with E-state index in [1.165, 1.54) is 23.8 Å². The molecule has 0 bridgehead atoms.